The molecule has 3 N–H and O–H groups in total. The number of allylic oxidation sites excluding steroid dienone is 4. The SMILES string of the molecule is CCCCCCCC/C=C\CCCCCCCCOc1ccc(C(=O)NCCN)cc1OCCCCCCCC/C=C\CCCCCCCC. The number of ether oxygens (including phenoxy) is 2. The van der Waals surface area contributed by atoms with Gasteiger partial charge in [-0.1, -0.05) is 154 Å². The van der Waals surface area contributed by atoms with Crippen molar-refractivity contribution in [1.29, 1.82) is 0 Å². The summed E-state index contributed by atoms with van der Waals surface area (Å²) in [6.07, 6.45) is 45.7. The van der Waals surface area contributed by atoms with Crippen molar-refractivity contribution < 1.29 is 14.3 Å². The summed E-state index contributed by atoms with van der Waals surface area (Å²) in [5, 5.41) is 2.86. The quantitative estimate of drug-likeness (QED) is 0.0536. The minimum atomic E-state index is -0.127. The molecule has 0 aromatic heterocycles. The van der Waals surface area contributed by atoms with E-state index in [0.717, 1.165) is 25.0 Å². The van der Waals surface area contributed by atoms with Crippen molar-refractivity contribution in [2.45, 2.75) is 194 Å². The van der Waals surface area contributed by atoms with Crippen molar-refractivity contribution in [3.8, 4) is 11.5 Å². The van der Waals surface area contributed by atoms with Gasteiger partial charge in [-0.05, 0) is 82.4 Å². The molecule has 0 unspecified atom stereocenters. The first-order valence-electron chi connectivity index (χ1n) is 21.4. The minimum Gasteiger partial charge on any atom is -0.490 e. The average Bonchev–Trinajstić information content (AvgIpc) is 3.13. The molecule has 0 heterocycles. The van der Waals surface area contributed by atoms with Gasteiger partial charge in [-0.3, -0.25) is 4.79 Å². The Morgan fingerprint density at radius 2 is 0.920 bits per heavy atom. The van der Waals surface area contributed by atoms with Gasteiger partial charge in [0.1, 0.15) is 0 Å². The topological polar surface area (TPSA) is 73.6 Å². The fourth-order valence-corrected chi connectivity index (χ4v) is 6.23. The van der Waals surface area contributed by atoms with Gasteiger partial charge in [0.15, 0.2) is 11.5 Å². The number of hydrogen-bond donors (Lipinski definition) is 2. The molecule has 0 atom stereocenters. The second kappa shape index (κ2) is 36.5. The van der Waals surface area contributed by atoms with E-state index < -0.39 is 0 Å². The number of benzene rings is 1. The lowest BCUT2D eigenvalue weighted by Gasteiger charge is -2.14. The maximum atomic E-state index is 12.6. The van der Waals surface area contributed by atoms with Gasteiger partial charge in [0.2, 0.25) is 0 Å². The monoisotopic (exact) mass is 697 g/mol. The molecule has 5 heteroatoms. The van der Waals surface area contributed by atoms with Crippen LogP contribution >= 0.6 is 0 Å². The first-order valence-corrected chi connectivity index (χ1v) is 21.4. The van der Waals surface area contributed by atoms with Gasteiger partial charge < -0.3 is 20.5 Å². The Labute approximate surface area is 310 Å². The first kappa shape index (κ1) is 45.8. The number of nitrogens with one attached hydrogen (secondary N) is 1. The van der Waals surface area contributed by atoms with E-state index in [1.165, 1.54) is 161 Å². The normalized spacial score (nSPS) is 11.6. The van der Waals surface area contributed by atoms with Crippen molar-refractivity contribution in [2.75, 3.05) is 26.3 Å². The molecule has 1 aromatic rings. The van der Waals surface area contributed by atoms with E-state index >= 15 is 0 Å². The third-order valence-corrected chi connectivity index (χ3v) is 9.46. The number of carbonyl (C=O) groups excluding carboxylic acids is 1. The zero-order valence-corrected chi connectivity index (χ0v) is 33.0. The summed E-state index contributed by atoms with van der Waals surface area (Å²) in [5.74, 6) is 1.28. The molecule has 0 bridgehead atoms. The van der Waals surface area contributed by atoms with E-state index in [9.17, 15) is 4.79 Å². The van der Waals surface area contributed by atoms with Gasteiger partial charge in [-0.2, -0.15) is 0 Å². The van der Waals surface area contributed by atoms with Crippen LogP contribution in [0.25, 0.3) is 0 Å². The molecule has 0 fully saturated rings. The Balaban J connectivity index is 2.21. The summed E-state index contributed by atoms with van der Waals surface area (Å²) in [4.78, 5) is 12.6. The van der Waals surface area contributed by atoms with Crippen LogP contribution in [-0.2, 0) is 0 Å². The van der Waals surface area contributed by atoms with Gasteiger partial charge in [-0.25, -0.2) is 0 Å². The molecule has 1 rings (SSSR count). The third-order valence-electron chi connectivity index (χ3n) is 9.46. The maximum absolute atomic E-state index is 12.6. The van der Waals surface area contributed by atoms with Crippen molar-refractivity contribution >= 4 is 5.91 Å². The van der Waals surface area contributed by atoms with Crippen LogP contribution in [0, 0.1) is 0 Å². The minimum absolute atomic E-state index is 0.127. The number of hydrogen-bond acceptors (Lipinski definition) is 4. The number of nitrogens with two attached hydrogens (primary N) is 1. The first-order chi connectivity index (χ1) is 24.7. The Morgan fingerprint density at radius 3 is 1.34 bits per heavy atom. The van der Waals surface area contributed by atoms with E-state index in [4.69, 9.17) is 15.2 Å². The number of carbonyl (C=O) groups is 1. The maximum Gasteiger partial charge on any atom is 0.251 e. The fraction of sp³-hybridized carbons (Fsp3) is 0.756. The molecule has 0 spiro atoms. The summed E-state index contributed by atoms with van der Waals surface area (Å²) in [6, 6.07) is 5.53. The van der Waals surface area contributed by atoms with Gasteiger partial charge >= 0.3 is 0 Å². The Kier molecular flexibility index (Phi) is 33.4. The molecular weight excluding hydrogens is 617 g/mol. The van der Waals surface area contributed by atoms with Crippen LogP contribution in [0.4, 0.5) is 0 Å². The zero-order chi connectivity index (χ0) is 36.0. The highest BCUT2D eigenvalue weighted by atomic mass is 16.5. The van der Waals surface area contributed by atoms with Crippen LogP contribution in [0.15, 0.2) is 42.5 Å². The van der Waals surface area contributed by atoms with Gasteiger partial charge in [0, 0.05) is 18.7 Å². The predicted octanol–water partition coefficient (Wildman–Crippen LogP) is 13.2. The molecule has 0 aliphatic rings. The summed E-state index contributed by atoms with van der Waals surface area (Å²) < 4.78 is 12.4. The summed E-state index contributed by atoms with van der Waals surface area (Å²) in [7, 11) is 0. The lowest BCUT2D eigenvalue weighted by Crippen LogP contribution is -2.28. The summed E-state index contributed by atoms with van der Waals surface area (Å²) in [5.41, 5.74) is 6.16. The largest absolute Gasteiger partial charge is 0.490 e. The average molecular weight is 697 g/mol. The molecule has 0 aliphatic heterocycles. The molecule has 1 aromatic carbocycles. The van der Waals surface area contributed by atoms with E-state index in [-0.39, 0.29) is 5.91 Å². The lowest BCUT2D eigenvalue weighted by atomic mass is 10.1. The molecule has 1 amide bonds. The Bertz CT molecular complexity index is 944. The van der Waals surface area contributed by atoms with E-state index in [0.29, 0.717) is 37.6 Å². The number of rotatable bonds is 37. The zero-order valence-electron chi connectivity index (χ0n) is 33.0. The molecular formula is C45H80N2O3. The van der Waals surface area contributed by atoms with Crippen molar-refractivity contribution in [1.82, 2.24) is 5.32 Å². The Morgan fingerprint density at radius 1 is 0.540 bits per heavy atom. The number of amides is 1. The molecule has 0 radical (unpaired) electrons. The second-order valence-electron chi connectivity index (χ2n) is 14.3. The molecule has 50 heavy (non-hydrogen) atoms. The van der Waals surface area contributed by atoms with Crippen LogP contribution in [0.3, 0.4) is 0 Å². The van der Waals surface area contributed by atoms with Crippen LogP contribution in [-0.4, -0.2) is 32.2 Å². The molecule has 0 saturated heterocycles. The lowest BCUT2D eigenvalue weighted by molar-refractivity contribution is 0.0954. The van der Waals surface area contributed by atoms with Crippen LogP contribution < -0.4 is 20.5 Å². The summed E-state index contributed by atoms with van der Waals surface area (Å²) in [6.45, 7) is 6.74. The van der Waals surface area contributed by atoms with Crippen molar-refractivity contribution in [2.24, 2.45) is 5.73 Å². The van der Waals surface area contributed by atoms with Gasteiger partial charge in [-0.15, -0.1) is 0 Å². The van der Waals surface area contributed by atoms with Gasteiger partial charge in [0.05, 0.1) is 13.2 Å². The van der Waals surface area contributed by atoms with E-state index in [1.54, 1.807) is 0 Å². The molecule has 0 aliphatic carbocycles. The molecule has 0 saturated carbocycles. The third kappa shape index (κ3) is 28.4. The van der Waals surface area contributed by atoms with Gasteiger partial charge in [0.25, 0.3) is 5.91 Å². The highest BCUT2D eigenvalue weighted by Gasteiger charge is 2.12. The van der Waals surface area contributed by atoms with Crippen LogP contribution in [0.5, 0.6) is 11.5 Å². The molecule has 288 valence electrons. The summed E-state index contributed by atoms with van der Waals surface area (Å²) >= 11 is 0. The van der Waals surface area contributed by atoms with E-state index in [2.05, 4.69) is 43.5 Å². The Hall–Kier alpha value is -2.27. The predicted molar refractivity (Wildman–Crippen MR) is 218 cm³/mol. The van der Waals surface area contributed by atoms with Crippen molar-refractivity contribution in [3.63, 3.8) is 0 Å². The molecule has 5 nitrogen and oxygen atoms in total. The van der Waals surface area contributed by atoms with Crippen LogP contribution in [0.2, 0.25) is 0 Å². The van der Waals surface area contributed by atoms with Crippen molar-refractivity contribution in [3.05, 3.63) is 48.1 Å². The highest BCUT2D eigenvalue weighted by Crippen LogP contribution is 2.29. The second-order valence-corrected chi connectivity index (χ2v) is 14.3. The smallest absolute Gasteiger partial charge is 0.251 e. The highest BCUT2D eigenvalue weighted by molar-refractivity contribution is 5.94. The standard InChI is InChI=1S/C45H80N2O3/c1-3-5-7-9-11-13-15-17-19-21-23-25-27-29-31-33-39-49-43-36-35-42(45(48)47-38-37-46)41-44(43)50-40-34-32-30-28-26-24-22-20-18-16-14-12-10-8-6-4-2/h17-20,35-36,41H,3-16,21-34,37-40,46H2,1-2H3,(H,47,48)/b19-17-,20-18-. The van der Waals surface area contributed by atoms with Crippen LogP contribution in [0.1, 0.15) is 204 Å². The van der Waals surface area contributed by atoms with E-state index in [1.807, 2.05) is 18.2 Å². The fourth-order valence-electron chi connectivity index (χ4n) is 6.23. The number of unbranched alkanes of at least 4 members (excludes halogenated alkanes) is 24.